The predicted octanol–water partition coefficient (Wildman–Crippen LogP) is 3.43. The highest BCUT2D eigenvalue weighted by molar-refractivity contribution is 7.89. The summed E-state index contributed by atoms with van der Waals surface area (Å²) in [6.07, 6.45) is 0. The number of piperazine rings is 1. The van der Waals surface area contributed by atoms with E-state index >= 15 is 0 Å². The van der Waals surface area contributed by atoms with Crippen LogP contribution in [0.5, 0.6) is 0 Å². The zero-order valence-electron chi connectivity index (χ0n) is 18.2. The van der Waals surface area contributed by atoms with Gasteiger partial charge in [0.05, 0.1) is 9.79 Å². The van der Waals surface area contributed by atoms with Crippen molar-refractivity contribution in [2.75, 3.05) is 26.2 Å². The van der Waals surface area contributed by atoms with E-state index in [0.29, 0.717) is 21.9 Å². The van der Waals surface area contributed by atoms with E-state index < -0.39 is 20.0 Å². The van der Waals surface area contributed by atoms with Crippen molar-refractivity contribution in [2.45, 2.75) is 50.3 Å². The Kier molecular flexibility index (Phi) is 6.43. The van der Waals surface area contributed by atoms with Gasteiger partial charge < -0.3 is 0 Å². The second-order valence-electron chi connectivity index (χ2n) is 8.26. The van der Waals surface area contributed by atoms with Crippen LogP contribution in [-0.4, -0.2) is 51.6 Å². The molecule has 0 spiro atoms. The molecule has 1 saturated heterocycles. The molecule has 0 atom stereocenters. The largest absolute Gasteiger partial charge is 0.243 e. The molecule has 1 aliphatic rings. The molecule has 6 nitrogen and oxygen atoms in total. The molecule has 8 heteroatoms. The van der Waals surface area contributed by atoms with Crippen LogP contribution in [0.4, 0.5) is 0 Å². The molecule has 0 saturated carbocycles. The minimum Gasteiger partial charge on any atom is -0.207 e. The lowest BCUT2D eigenvalue weighted by Gasteiger charge is -2.34. The average molecular weight is 451 g/mol. The zero-order valence-corrected chi connectivity index (χ0v) is 19.8. The van der Waals surface area contributed by atoms with Crippen LogP contribution in [0.25, 0.3) is 0 Å². The van der Waals surface area contributed by atoms with Gasteiger partial charge >= 0.3 is 0 Å². The molecule has 164 valence electrons. The fourth-order valence-corrected chi connectivity index (χ4v) is 7.28. The smallest absolute Gasteiger partial charge is 0.207 e. The lowest BCUT2D eigenvalue weighted by Crippen LogP contribution is -2.50. The van der Waals surface area contributed by atoms with Crippen molar-refractivity contribution in [1.29, 1.82) is 0 Å². The molecule has 2 aromatic carbocycles. The summed E-state index contributed by atoms with van der Waals surface area (Å²) < 4.78 is 55.2. The van der Waals surface area contributed by atoms with Crippen LogP contribution in [0, 0.1) is 20.8 Å². The quantitative estimate of drug-likeness (QED) is 0.699. The Balaban J connectivity index is 1.78. The summed E-state index contributed by atoms with van der Waals surface area (Å²) in [5.41, 5.74) is 3.53. The van der Waals surface area contributed by atoms with Gasteiger partial charge in [-0.2, -0.15) is 8.61 Å². The van der Waals surface area contributed by atoms with Gasteiger partial charge in [-0.15, -0.1) is 0 Å². The topological polar surface area (TPSA) is 74.8 Å². The number of sulfonamides is 2. The second-order valence-corrected chi connectivity index (χ2v) is 12.1. The molecular formula is C22H30N2O4S2. The molecule has 1 fully saturated rings. The molecule has 0 unspecified atom stereocenters. The summed E-state index contributed by atoms with van der Waals surface area (Å²) in [5, 5.41) is 0. The fraction of sp³-hybridized carbons (Fsp3) is 0.455. The summed E-state index contributed by atoms with van der Waals surface area (Å²) >= 11 is 0. The average Bonchev–Trinajstić information content (AvgIpc) is 2.67. The summed E-state index contributed by atoms with van der Waals surface area (Å²) in [5.74, 6) is 0.323. The molecule has 0 bridgehead atoms. The maximum Gasteiger partial charge on any atom is 0.243 e. The monoisotopic (exact) mass is 450 g/mol. The van der Waals surface area contributed by atoms with Crippen molar-refractivity contribution in [3.63, 3.8) is 0 Å². The minimum atomic E-state index is -3.68. The molecule has 1 aliphatic heterocycles. The van der Waals surface area contributed by atoms with Crippen LogP contribution in [-0.2, 0) is 20.0 Å². The summed E-state index contributed by atoms with van der Waals surface area (Å²) in [6, 6.07) is 10.7. The van der Waals surface area contributed by atoms with Gasteiger partial charge in [0.1, 0.15) is 0 Å². The van der Waals surface area contributed by atoms with Gasteiger partial charge in [0, 0.05) is 26.2 Å². The third kappa shape index (κ3) is 4.32. The van der Waals surface area contributed by atoms with Crippen LogP contribution in [0.2, 0.25) is 0 Å². The molecule has 0 radical (unpaired) electrons. The van der Waals surface area contributed by atoms with Crippen molar-refractivity contribution in [3.05, 3.63) is 58.7 Å². The summed E-state index contributed by atoms with van der Waals surface area (Å²) in [7, 11) is -7.33. The minimum absolute atomic E-state index is 0.136. The fourth-order valence-electron chi connectivity index (χ4n) is 4.03. The highest BCUT2D eigenvalue weighted by Crippen LogP contribution is 2.27. The SMILES string of the molecule is Cc1cc(C)c(S(=O)(=O)N2CCN(S(=O)(=O)c3ccc(C(C)C)cc3)CC2)c(C)c1. The molecular weight excluding hydrogens is 420 g/mol. The van der Waals surface area contributed by atoms with Gasteiger partial charge in [-0.05, 0) is 55.5 Å². The van der Waals surface area contributed by atoms with Gasteiger partial charge in [0.2, 0.25) is 20.0 Å². The summed E-state index contributed by atoms with van der Waals surface area (Å²) in [4.78, 5) is 0.571. The lowest BCUT2D eigenvalue weighted by atomic mass is 10.0. The first-order chi connectivity index (χ1) is 13.9. The van der Waals surface area contributed by atoms with E-state index in [-0.39, 0.29) is 31.1 Å². The number of hydrogen-bond donors (Lipinski definition) is 0. The Morgan fingerprint density at radius 2 is 1.17 bits per heavy atom. The standard InChI is InChI=1S/C22H30N2O4S2/c1-16(2)20-6-8-21(9-7-20)29(25,26)23-10-12-24(13-11-23)30(27,28)22-18(4)14-17(3)15-19(22)5/h6-9,14-16H,10-13H2,1-5H3. The van der Waals surface area contributed by atoms with E-state index in [1.807, 2.05) is 31.2 Å². The Labute approximate surface area is 180 Å². The number of aryl methyl sites for hydroxylation is 3. The van der Waals surface area contributed by atoms with Gasteiger partial charge in [-0.1, -0.05) is 43.7 Å². The van der Waals surface area contributed by atoms with Gasteiger partial charge in [0.25, 0.3) is 0 Å². The highest BCUT2D eigenvalue weighted by atomic mass is 32.2. The summed E-state index contributed by atoms with van der Waals surface area (Å²) in [6.45, 7) is 10.2. The van der Waals surface area contributed by atoms with Gasteiger partial charge in [-0.25, -0.2) is 16.8 Å². The van der Waals surface area contributed by atoms with Crippen molar-refractivity contribution < 1.29 is 16.8 Å². The van der Waals surface area contributed by atoms with Crippen LogP contribution >= 0.6 is 0 Å². The molecule has 0 N–H and O–H groups in total. The van der Waals surface area contributed by atoms with Crippen LogP contribution in [0.1, 0.15) is 42.0 Å². The van der Waals surface area contributed by atoms with Crippen molar-refractivity contribution >= 4 is 20.0 Å². The Morgan fingerprint density at radius 3 is 1.60 bits per heavy atom. The van der Waals surface area contributed by atoms with Crippen molar-refractivity contribution in [1.82, 2.24) is 8.61 Å². The van der Waals surface area contributed by atoms with E-state index in [0.717, 1.165) is 11.1 Å². The van der Waals surface area contributed by atoms with Gasteiger partial charge in [0.15, 0.2) is 0 Å². The van der Waals surface area contributed by atoms with Crippen LogP contribution in [0.15, 0.2) is 46.2 Å². The molecule has 0 aliphatic carbocycles. The molecule has 0 amide bonds. The van der Waals surface area contributed by atoms with E-state index in [1.165, 1.54) is 8.61 Å². The third-order valence-electron chi connectivity index (χ3n) is 5.58. The first-order valence-electron chi connectivity index (χ1n) is 10.1. The van der Waals surface area contributed by atoms with Gasteiger partial charge in [-0.3, -0.25) is 0 Å². The first kappa shape index (κ1) is 22.9. The van der Waals surface area contributed by atoms with Crippen molar-refractivity contribution in [2.24, 2.45) is 0 Å². The number of nitrogens with zero attached hydrogens (tertiary/aromatic N) is 2. The number of rotatable bonds is 5. The van der Waals surface area contributed by atoms with E-state index in [4.69, 9.17) is 0 Å². The van der Waals surface area contributed by atoms with Crippen LogP contribution in [0.3, 0.4) is 0 Å². The van der Waals surface area contributed by atoms with Crippen LogP contribution < -0.4 is 0 Å². The molecule has 30 heavy (non-hydrogen) atoms. The zero-order chi connectivity index (χ0) is 22.3. The van der Waals surface area contributed by atoms with Crippen molar-refractivity contribution in [3.8, 4) is 0 Å². The highest BCUT2D eigenvalue weighted by Gasteiger charge is 2.35. The first-order valence-corrected chi connectivity index (χ1v) is 13.0. The molecule has 3 rings (SSSR count). The molecule has 0 aromatic heterocycles. The normalized spacial score (nSPS) is 16.9. The number of hydrogen-bond acceptors (Lipinski definition) is 4. The molecule has 2 aromatic rings. The molecule has 1 heterocycles. The van der Waals surface area contributed by atoms with E-state index in [1.54, 1.807) is 26.0 Å². The maximum atomic E-state index is 13.2. The Morgan fingerprint density at radius 1 is 0.733 bits per heavy atom. The second kappa shape index (κ2) is 8.42. The maximum absolute atomic E-state index is 13.2. The lowest BCUT2D eigenvalue weighted by molar-refractivity contribution is 0.272. The predicted molar refractivity (Wildman–Crippen MR) is 119 cm³/mol. The van der Waals surface area contributed by atoms with E-state index in [9.17, 15) is 16.8 Å². The Hall–Kier alpha value is -1.74. The Bertz CT molecular complexity index is 1110. The third-order valence-corrected chi connectivity index (χ3v) is 9.70. The van der Waals surface area contributed by atoms with E-state index in [2.05, 4.69) is 13.8 Å². The number of benzene rings is 2.